The Bertz CT molecular complexity index is 1660. The molecule has 3 aliphatic heterocycles. The average molecular weight is 528 g/mol. The van der Waals surface area contributed by atoms with Crippen LogP contribution in [0, 0.1) is 11.7 Å². The van der Waals surface area contributed by atoms with E-state index in [2.05, 4.69) is 14.9 Å². The summed E-state index contributed by atoms with van der Waals surface area (Å²) >= 11 is 0. The van der Waals surface area contributed by atoms with E-state index in [1.807, 2.05) is 44.8 Å². The van der Waals surface area contributed by atoms with Crippen LogP contribution in [0.5, 0.6) is 0 Å². The van der Waals surface area contributed by atoms with E-state index in [0.29, 0.717) is 62.2 Å². The Morgan fingerprint density at radius 1 is 1.13 bits per heavy atom. The van der Waals surface area contributed by atoms with Gasteiger partial charge in [-0.2, -0.15) is 0 Å². The van der Waals surface area contributed by atoms with E-state index in [4.69, 9.17) is 5.73 Å². The van der Waals surface area contributed by atoms with Gasteiger partial charge in [-0.05, 0) is 55.1 Å². The van der Waals surface area contributed by atoms with E-state index in [-0.39, 0.29) is 24.2 Å². The maximum absolute atomic E-state index is 15.1. The predicted molar refractivity (Wildman–Crippen MR) is 146 cm³/mol. The maximum atomic E-state index is 15.1. The number of nitrogens with two attached hydrogens (primary N) is 1. The molecule has 0 radical (unpaired) electrons. The van der Waals surface area contributed by atoms with Crippen molar-refractivity contribution in [1.29, 1.82) is 0 Å². The van der Waals surface area contributed by atoms with Gasteiger partial charge in [0.1, 0.15) is 11.5 Å². The number of imidazole rings is 1. The minimum absolute atomic E-state index is 0.00507. The van der Waals surface area contributed by atoms with Crippen molar-refractivity contribution < 1.29 is 14.0 Å². The highest BCUT2D eigenvalue weighted by atomic mass is 19.1. The van der Waals surface area contributed by atoms with Gasteiger partial charge in [0.05, 0.1) is 35.2 Å². The summed E-state index contributed by atoms with van der Waals surface area (Å²) < 4.78 is 19.1. The van der Waals surface area contributed by atoms with Gasteiger partial charge in [-0.25, -0.2) is 14.2 Å². The van der Waals surface area contributed by atoms with Crippen LogP contribution in [0.4, 0.5) is 9.18 Å². The molecule has 4 aromatic rings. The first-order valence-corrected chi connectivity index (χ1v) is 13.5. The topological polar surface area (TPSA) is 101 Å². The van der Waals surface area contributed by atoms with Crippen LogP contribution in [-0.2, 0) is 17.9 Å². The van der Waals surface area contributed by atoms with Gasteiger partial charge >= 0.3 is 6.03 Å². The molecular formula is C29H30FN7O2. The summed E-state index contributed by atoms with van der Waals surface area (Å²) in [5.74, 6) is 0.0716. The van der Waals surface area contributed by atoms with Crippen molar-refractivity contribution in [3.63, 3.8) is 0 Å². The molecule has 1 fully saturated rings. The molecule has 6 heterocycles. The summed E-state index contributed by atoms with van der Waals surface area (Å²) in [6.07, 6.45) is 7.41. The number of likely N-dealkylation sites (tertiary alicyclic amines) is 1. The number of hydrogen-bond acceptors (Lipinski definition) is 5. The molecule has 2 amide bonds. The number of nitrogens with one attached hydrogen (secondary N) is 1. The second-order valence-corrected chi connectivity index (χ2v) is 10.7. The number of aromatic nitrogens is 3. The van der Waals surface area contributed by atoms with Gasteiger partial charge in [-0.15, -0.1) is 0 Å². The zero-order chi connectivity index (χ0) is 26.7. The van der Waals surface area contributed by atoms with Crippen molar-refractivity contribution >= 4 is 39.6 Å². The highest BCUT2D eigenvalue weighted by molar-refractivity contribution is 6.32. The fourth-order valence-electron chi connectivity index (χ4n) is 6.33. The fourth-order valence-corrected chi connectivity index (χ4v) is 6.33. The third-order valence-corrected chi connectivity index (χ3v) is 8.37. The molecule has 0 unspecified atom stereocenters. The van der Waals surface area contributed by atoms with Gasteiger partial charge in [0, 0.05) is 56.1 Å². The number of carbonyl (C=O) groups excluding carboxylic acids is 2. The smallest absolute Gasteiger partial charge is 0.320 e. The number of fused-ring (bicyclic) bond motifs is 1. The highest BCUT2D eigenvalue weighted by Crippen LogP contribution is 2.37. The minimum Gasteiger partial charge on any atom is -0.376 e. The number of rotatable bonds is 3. The minimum atomic E-state index is -0.365. The van der Waals surface area contributed by atoms with Crippen LogP contribution in [0.2, 0.25) is 0 Å². The lowest BCUT2D eigenvalue weighted by molar-refractivity contribution is -0.112. The quantitative estimate of drug-likeness (QED) is 0.427. The number of hydrogen-bond donors (Lipinski definition) is 2. The molecule has 7 rings (SSSR count). The van der Waals surface area contributed by atoms with Gasteiger partial charge < -0.3 is 25.4 Å². The maximum Gasteiger partial charge on any atom is 0.320 e. The van der Waals surface area contributed by atoms with Crippen LogP contribution in [0.15, 0.2) is 48.9 Å². The Morgan fingerprint density at radius 3 is 2.79 bits per heavy atom. The molecule has 1 aromatic carbocycles. The lowest BCUT2D eigenvalue weighted by Crippen LogP contribution is -2.47. The van der Waals surface area contributed by atoms with E-state index < -0.39 is 0 Å². The Labute approximate surface area is 224 Å². The molecule has 0 spiro atoms. The number of halogens is 1. The largest absolute Gasteiger partial charge is 0.376 e. The first-order chi connectivity index (χ1) is 19.0. The van der Waals surface area contributed by atoms with Crippen LogP contribution in [0.25, 0.3) is 27.8 Å². The number of carbonyl (C=O) groups is 2. The van der Waals surface area contributed by atoms with E-state index >= 15 is 4.39 Å². The van der Waals surface area contributed by atoms with Crippen LogP contribution in [-0.4, -0.2) is 68.3 Å². The van der Waals surface area contributed by atoms with E-state index in [0.717, 1.165) is 40.5 Å². The van der Waals surface area contributed by atoms with Crippen molar-refractivity contribution in [3.8, 4) is 0 Å². The molecule has 0 saturated carbocycles. The first-order valence-electron chi connectivity index (χ1n) is 13.5. The first kappa shape index (κ1) is 23.9. The van der Waals surface area contributed by atoms with Crippen LogP contribution < -0.4 is 11.1 Å². The number of nitrogens with zero attached hydrogens (tertiary/aromatic N) is 5. The lowest BCUT2D eigenvalue weighted by Gasteiger charge is -2.35. The van der Waals surface area contributed by atoms with Crippen LogP contribution >= 0.6 is 0 Å². The van der Waals surface area contributed by atoms with Crippen molar-refractivity contribution in [3.05, 3.63) is 71.6 Å². The summed E-state index contributed by atoms with van der Waals surface area (Å²) in [4.78, 5) is 34.7. The van der Waals surface area contributed by atoms with Gasteiger partial charge in [0.15, 0.2) is 5.78 Å². The van der Waals surface area contributed by atoms with E-state index in [9.17, 15) is 9.59 Å². The van der Waals surface area contributed by atoms with E-state index in [1.165, 1.54) is 12.1 Å². The zero-order valence-corrected chi connectivity index (χ0v) is 21.6. The average Bonchev–Trinajstić information content (AvgIpc) is 3.61. The Hall–Kier alpha value is -4.18. The van der Waals surface area contributed by atoms with Gasteiger partial charge in [-0.3, -0.25) is 9.20 Å². The number of benzene rings is 1. The Morgan fingerprint density at radius 2 is 1.97 bits per heavy atom. The zero-order valence-electron chi connectivity index (χ0n) is 21.6. The number of pyridine rings is 1. The fraction of sp³-hybridized carbons (Fsp3) is 0.345. The summed E-state index contributed by atoms with van der Waals surface area (Å²) in [6, 6.07) is 8.75. The lowest BCUT2D eigenvalue weighted by atomic mass is 9.97. The third-order valence-electron chi connectivity index (χ3n) is 8.37. The normalized spacial score (nSPS) is 18.4. The Balaban J connectivity index is 1.28. The van der Waals surface area contributed by atoms with Crippen molar-refractivity contribution in [2.24, 2.45) is 11.7 Å². The standard InChI is InChI=1S/C29H30FN7O2/c30-20-11-19-16-36(29(39)34-7-4-18(13-31)5-8-34)10-9-35-17-22(21(12-20)28(19)35)27-26(24(38)15-33-27)23-14-32-25-3-1-2-6-37(23)25/h1-3,6,11-12,14,17-18,33H,4-5,7-10,13,15-16,31H2. The summed E-state index contributed by atoms with van der Waals surface area (Å²) in [5.41, 5.74) is 11.0. The number of Topliss-reactive ketones (excluding diaryl/α,β-unsaturated/α-hetero) is 1. The van der Waals surface area contributed by atoms with Crippen molar-refractivity contribution in [1.82, 2.24) is 29.1 Å². The molecule has 1 saturated heterocycles. The monoisotopic (exact) mass is 527 g/mol. The number of amides is 2. The molecule has 39 heavy (non-hydrogen) atoms. The van der Waals surface area contributed by atoms with Crippen LogP contribution in [0.1, 0.15) is 29.7 Å². The molecule has 9 nitrogen and oxygen atoms in total. The van der Waals surface area contributed by atoms with Gasteiger partial charge in [0.25, 0.3) is 0 Å². The van der Waals surface area contributed by atoms with Gasteiger partial charge in [0.2, 0.25) is 0 Å². The van der Waals surface area contributed by atoms with E-state index in [1.54, 1.807) is 6.20 Å². The summed E-state index contributed by atoms with van der Waals surface area (Å²) in [7, 11) is 0. The second-order valence-electron chi connectivity index (χ2n) is 10.7. The number of urea groups is 1. The third kappa shape index (κ3) is 3.89. The summed E-state index contributed by atoms with van der Waals surface area (Å²) in [6.45, 7) is 3.65. The molecule has 0 aliphatic carbocycles. The van der Waals surface area contributed by atoms with Crippen LogP contribution in [0.3, 0.4) is 0 Å². The summed E-state index contributed by atoms with van der Waals surface area (Å²) in [5, 5.41) is 4.01. The predicted octanol–water partition coefficient (Wildman–Crippen LogP) is 3.08. The Kier molecular flexibility index (Phi) is 5.66. The number of piperidine rings is 1. The SMILES string of the molecule is NCC1CCN(C(=O)N2CCn3cc(C4=C(c5cnc6ccccn56)C(=O)CN4)c4cc(F)cc(c43)C2)CC1. The molecule has 0 atom stereocenters. The molecular weight excluding hydrogens is 497 g/mol. The highest BCUT2D eigenvalue weighted by Gasteiger charge is 2.32. The van der Waals surface area contributed by atoms with Crippen molar-refractivity contribution in [2.75, 3.05) is 32.7 Å². The van der Waals surface area contributed by atoms with Crippen molar-refractivity contribution in [2.45, 2.75) is 25.9 Å². The molecule has 0 bridgehead atoms. The molecule has 200 valence electrons. The molecule has 3 aromatic heterocycles. The number of ketones is 1. The second kappa shape index (κ2) is 9.23. The van der Waals surface area contributed by atoms with Gasteiger partial charge in [-0.1, -0.05) is 6.07 Å². The molecule has 3 aliphatic rings. The molecule has 10 heteroatoms. The molecule has 3 N–H and O–H groups in total.